The molecule has 0 saturated carbocycles. The molecule has 1 aliphatic rings. The lowest BCUT2D eigenvalue weighted by atomic mass is 10.0. The van der Waals surface area contributed by atoms with Crippen molar-refractivity contribution in [2.24, 2.45) is 5.92 Å². The second-order valence-corrected chi connectivity index (χ2v) is 5.73. The van der Waals surface area contributed by atoms with Crippen LogP contribution in [-0.4, -0.2) is 24.6 Å². The van der Waals surface area contributed by atoms with Gasteiger partial charge in [0, 0.05) is 25.3 Å². The van der Waals surface area contributed by atoms with Crippen molar-refractivity contribution in [3.63, 3.8) is 0 Å². The van der Waals surface area contributed by atoms with E-state index in [1.54, 1.807) is 0 Å². The third-order valence-corrected chi connectivity index (χ3v) is 3.88. The van der Waals surface area contributed by atoms with Gasteiger partial charge >= 0.3 is 0 Å². The van der Waals surface area contributed by atoms with Gasteiger partial charge in [0.25, 0.3) is 0 Å². The molecule has 0 amide bonds. The van der Waals surface area contributed by atoms with E-state index in [-0.39, 0.29) is 0 Å². The number of halogens is 1. The first-order valence-electron chi connectivity index (χ1n) is 6.69. The Morgan fingerprint density at radius 3 is 2.94 bits per heavy atom. The van der Waals surface area contributed by atoms with E-state index >= 15 is 0 Å². The number of hydrogen-bond donors (Lipinski definition) is 1. The smallest absolute Gasteiger partial charge is 0.147 e. The van der Waals surface area contributed by atoms with Crippen LogP contribution in [0.3, 0.4) is 0 Å². The Labute approximate surface area is 115 Å². The van der Waals surface area contributed by atoms with Crippen molar-refractivity contribution in [1.29, 1.82) is 0 Å². The molecule has 0 aliphatic carbocycles. The number of hydrogen-bond acceptors (Lipinski definition) is 3. The maximum absolute atomic E-state index is 6.38. The molecule has 1 saturated heterocycles. The summed E-state index contributed by atoms with van der Waals surface area (Å²) in [6, 6.07) is 2.60. The Morgan fingerprint density at radius 2 is 2.33 bits per heavy atom. The predicted molar refractivity (Wildman–Crippen MR) is 77.2 cm³/mol. The molecule has 2 heterocycles. The molecule has 0 bridgehead atoms. The fraction of sp³-hybridized carbons (Fsp3) is 0.643. The Morgan fingerprint density at radius 1 is 1.56 bits per heavy atom. The topological polar surface area (TPSA) is 28.2 Å². The van der Waals surface area contributed by atoms with Crippen molar-refractivity contribution in [2.45, 2.75) is 39.3 Å². The van der Waals surface area contributed by atoms with E-state index in [1.165, 1.54) is 12.8 Å². The van der Waals surface area contributed by atoms with Crippen LogP contribution in [0.2, 0.25) is 5.02 Å². The van der Waals surface area contributed by atoms with Gasteiger partial charge in [-0.15, -0.1) is 0 Å². The molecule has 18 heavy (non-hydrogen) atoms. The van der Waals surface area contributed by atoms with Crippen molar-refractivity contribution < 1.29 is 0 Å². The van der Waals surface area contributed by atoms with Gasteiger partial charge in [-0.05, 0) is 37.4 Å². The van der Waals surface area contributed by atoms with Crippen LogP contribution in [0.25, 0.3) is 0 Å². The van der Waals surface area contributed by atoms with E-state index in [2.05, 4.69) is 29.0 Å². The standard InChI is InChI=1S/C14H22ClN3/c1-10(2)13-5-4-6-18(13)14-12(15)7-11(8-16-3)9-17-14/h7,9-10,13,16H,4-6,8H2,1-3H3. The molecule has 0 spiro atoms. The summed E-state index contributed by atoms with van der Waals surface area (Å²) in [4.78, 5) is 6.94. The van der Waals surface area contributed by atoms with Gasteiger partial charge in [0.15, 0.2) is 0 Å². The minimum Gasteiger partial charge on any atom is -0.352 e. The van der Waals surface area contributed by atoms with E-state index in [0.29, 0.717) is 12.0 Å². The van der Waals surface area contributed by atoms with Gasteiger partial charge in [0.1, 0.15) is 5.82 Å². The van der Waals surface area contributed by atoms with Crippen molar-refractivity contribution in [3.8, 4) is 0 Å². The molecular formula is C14H22ClN3. The van der Waals surface area contributed by atoms with Gasteiger partial charge < -0.3 is 10.2 Å². The summed E-state index contributed by atoms with van der Waals surface area (Å²) in [5, 5.41) is 3.89. The number of rotatable bonds is 4. The first-order valence-corrected chi connectivity index (χ1v) is 7.07. The van der Waals surface area contributed by atoms with Gasteiger partial charge in [-0.3, -0.25) is 0 Å². The largest absolute Gasteiger partial charge is 0.352 e. The fourth-order valence-electron chi connectivity index (χ4n) is 2.73. The highest BCUT2D eigenvalue weighted by atomic mass is 35.5. The molecule has 1 atom stereocenters. The molecule has 1 aromatic rings. The molecule has 1 aromatic heterocycles. The average molecular weight is 268 g/mol. The number of nitrogens with one attached hydrogen (secondary N) is 1. The summed E-state index contributed by atoms with van der Waals surface area (Å²) in [5.74, 6) is 1.59. The van der Waals surface area contributed by atoms with E-state index < -0.39 is 0 Å². The molecule has 3 nitrogen and oxygen atoms in total. The van der Waals surface area contributed by atoms with Crippen molar-refractivity contribution in [3.05, 3.63) is 22.8 Å². The molecule has 1 N–H and O–H groups in total. The normalized spacial score (nSPS) is 19.8. The van der Waals surface area contributed by atoms with E-state index in [4.69, 9.17) is 11.6 Å². The minimum absolute atomic E-state index is 0.574. The van der Waals surface area contributed by atoms with Crippen LogP contribution in [0.1, 0.15) is 32.3 Å². The number of nitrogens with zero attached hydrogens (tertiary/aromatic N) is 2. The van der Waals surface area contributed by atoms with Gasteiger partial charge in [-0.25, -0.2) is 4.98 Å². The summed E-state index contributed by atoms with van der Waals surface area (Å²) in [5.41, 5.74) is 1.13. The second kappa shape index (κ2) is 5.89. The Kier molecular flexibility index (Phi) is 4.46. The summed E-state index contributed by atoms with van der Waals surface area (Å²) in [7, 11) is 1.93. The third-order valence-electron chi connectivity index (χ3n) is 3.60. The highest BCUT2D eigenvalue weighted by Crippen LogP contribution is 2.33. The van der Waals surface area contributed by atoms with Crippen molar-refractivity contribution in [2.75, 3.05) is 18.5 Å². The molecule has 1 fully saturated rings. The van der Waals surface area contributed by atoms with Crippen LogP contribution in [0, 0.1) is 5.92 Å². The third kappa shape index (κ3) is 2.78. The van der Waals surface area contributed by atoms with Crippen LogP contribution in [-0.2, 0) is 6.54 Å². The average Bonchev–Trinajstić information content (AvgIpc) is 2.78. The Balaban J connectivity index is 2.22. The van der Waals surface area contributed by atoms with Crippen molar-refractivity contribution in [1.82, 2.24) is 10.3 Å². The highest BCUT2D eigenvalue weighted by Gasteiger charge is 2.29. The molecular weight excluding hydrogens is 246 g/mol. The van der Waals surface area contributed by atoms with E-state index in [0.717, 1.165) is 29.5 Å². The molecule has 100 valence electrons. The van der Waals surface area contributed by atoms with E-state index in [9.17, 15) is 0 Å². The molecule has 1 unspecified atom stereocenters. The quantitative estimate of drug-likeness (QED) is 0.909. The summed E-state index contributed by atoms with van der Waals surface area (Å²) in [6.45, 7) is 6.42. The SMILES string of the molecule is CNCc1cnc(N2CCCC2C(C)C)c(Cl)c1. The van der Waals surface area contributed by atoms with Crippen LogP contribution in [0.15, 0.2) is 12.3 Å². The van der Waals surface area contributed by atoms with Crippen LogP contribution in [0.4, 0.5) is 5.82 Å². The zero-order chi connectivity index (χ0) is 13.1. The molecule has 1 aliphatic heterocycles. The first-order chi connectivity index (χ1) is 8.63. The summed E-state index contributed by atoms with van der Waals surface area (Å²) < 4.78 is 0. The maximum atomic E-state index is 6.38. The zero-order valence-corrected chi connectivity index (χ0v) is 12.2. The van der Waals surface area contributed by atoms with Gasteiger partial charge in [-0.2, -0.15) is 0 Å². The Hall–Kier alpha value is -0.800. The molecule has 4 heteroatoms. The lowest BCUT2D eigenvalue weighted by Crippen LogP contribution is -2.34. The van der Waals surface area contributed by atoms with Crippen LogP contribution < -0.4 is 10.2 Å². The lowest BCUT2D eigenvalue weighted by molar-refractivity contribution is 0.489. The number of anilines is 1. The fourth-order valence-corrected chi connectivity index (χ4v) is 3.03. The van der Waals surface area contributed by atoms with Gasteiger partial charge in [0.05, 0.1) is 5.02 Å². The second-order valence-electron chi connectivity index (χ2n) is 5.33. The van der Waals surface area contributed by atoms with Gasteiger partial charge in [0.2, 0.25) is 0 Å². The van der Waals surface area contributed by atoms with Crippen LogP contribution in [0.5, 0.6) is 0 Å². The summed E-state index contributed by atoms with van der Waals surface area (Å²) in [6.07, 6.45) is 4.40. The van der Waals surface area contributed by atoms with Crippen LogP contribution >= 0.6 is 11.6 Å². The molecule has 0 radical (unpaired) electrons. The molecule has 2 rings (SSSR count). The number of aromatic nitrogens is 1. The molecule has 0 aromatic carbocycles. The minimum atomic E-state index is 0.574. The Bertz CT molecular complexity index is 406. The van der Waals surface area contributed by atoms with Crippen molar-refractivity contribution >= 4 is 17.4 Å². The highest BCUT2D eigenvalue weighted by molar-refractivity contribution is 6.33. The zero-order valence-electron chi connectivity index (χ0n) is 11.4. The predicted octanol–water partition coefficient (Wildman–Crippen LogP) is 3.08. The maximum Gasteiger partial charge on any atom is 0.147 e. The van der Waals surface area contributed by atoms with E-state index in [1.807, 2.05) is 19.3 Å². The number of pyridine rings is 1. The summed E-state index contributed by atoms with van der Waals surface area (Å²) >= 11 is 6.38. The monoisotopic (exact) mass is 267 g/mol. The first kappa shape index (κ1) is 13.6. The van der Waals surface area contributed by atoms with Gasteiger partial charge in [-0.1, -0.05) is 25.4 Å². The lowest BCUT2D eigenvalue weighted by Gasteiger charge is -2.29.